The van der Waals surface area contributed by atoms with E-state index in [1.54, 1.807) is 11.3 Å². The van der Waals surface area contributed by atoms with E-state index in [4.69, 9.17) is 9.47 Å². The average Bonchev–Trinajstić information content (AvgIpc) is 3.24. The molecule has 0 aliphatic carbocycles. The van der Waals surface area contributed by atoms with Crippen molar-refractivity contribution in [2.24, 2.45) is 0 Å². The van der Waals surface area contributed by atoms with Crippen LogP contribution in [-0.2, 0) is 0 Å². The van der Waals surface area contributed by atoms with Gasteiger partial charge < -0.3 is 19.3 Å². The summed E-state index contributed by atoms with van der Waals surface area (Å²) >= 11 is 1.61. The highest BCUT2D eigenvalue weighted by molar-refractivity contribution is 7.13. The third-order valence-corrected chi connectivity index (χ3v) is 6.11. The van der Waals surface area contributed by atoms with Crippen molar-refractivity contribution in [3.63, 3.8) is 0 Å². The molecule has 4 nitrogen and oxygen atoms in total. The molecule has 1 heterocycles. The smallest absolute Gasteiger partial charge is 0.135 e. The molecule has 1 aromatic heterocycles. The summed E-state index contributed by atoms with van der Waals surface area (Å²) in [6.07, 6.45) is 3.12. The maximum absolute atomic E-state index is 6.16. The van der Waals surface area contributed by atoms with Gasteiger partial charge in [-0.25, -0.2) is 0 Å². The first-order chi connectivity index (χ1) is 15.9. The Balaban J connectivity index is 0.00000578. The van der Waals surface area contributed by atoms with Gasteiger partial charge in [0.2, 0.25) is 0 Å². The van der Waals surface area contributed by atoms with Gasteiger partial charge in [0.25, 0.3) is 0 Å². The van der Waals surface area contributed by atoms with E-state index in [1.807, 2.05) is 25.1 Å². The summed E-state index contributed by atoms with van der Waals surface area (Å²) in [6.45, 7) is 10.6. The summed E-state index contributed by atoms with van der Waals surface area (Å²) in [6, 6.07) is 8.13. The van der Waals surface area contributed by atoms with E-state index in [0.29, 0.717) is 13.2 Å². The molecule has 0 atom stereocenters. The van der Waals surface area contributed by atoms with Crippen LogP contribution in [0.15, 0.2) is 24.3 Å². The Kier molecular flexibility index (Phi) is 16.7. The topological polar surface area (TPSA) is 24.9 Å². The third kappa shape index (κ3) is 12.2. The van der Waals surface area contributed by atoms with Crippen LogP contribution >= 0.6 is 11.3 Å². The minimum atomic E-state index is 0. The summed E-state index contributed by atoms with van der Waals surface area (Å²) in [5.74, 6) is 14.3. The molecule has 0 saturated heterocycles. The van der Waals surface area contributed by atoms with E-state index in [2.05, 4.69) is 74.5 Å². The Hall–Kier alpha value is -2.44. The highest BCUT2D eigenvalue weighted by Gasteiger charge is 2.09. The first-order valence-corrected chi connectivity index (χ1v) is 12.5. The molecule has 194 valence electrons. The normalized spacial score (nSPS) is 9.94. The van der Waals surface area contributed by atoms with Crippen LogP contribution in [0, 0.1) is 30.6 Å². The van der Waals surface area contributed by atoms with Crippen LogP contribution in [0.3, 0.4) is 0 Å². The number of benzene rings is 1. The van der Waals surface area contributed by atoms with E-state index in [0.717, 1.165) is 71.3 Å². The number of nitrogens with zero attached hydrogens (tertiary/aromatic N) is 2. The third-order valence-electron chi connectivity index (χ3n) is 5.19. The van der Waals surface area contributed by atoms with Crippen molar-refractivity contribution in [1.82, 2.24) is 9.80 Å². The molecule has 0 fully saturated rings. The Morgan fingerprint density at radius 2 is 1.49 bits per heavy atom. The molecule has 5 heteroatoms. The molecule has 1 aromatic carbocycles. The summed E-state index contributed by atoms with van der Waals surface area (Å²) in [4.78, 5) is 6.51. The molecule has 0 saturated carbocycles. The number of aryl methyl sites for hydroxylation is 1. The van der Waals surface area contributed by atoms with Gasteiger partial charge in [-0.2, -0.15) is 0 Å². The van der Waals surface area contributed by atoms with Gasteiger partial charge in [-0.3, -0.25) is 0 Å². The van der Waals surface area contributed by atoms with Gasteiger partial charge in [-0.1, -0.05) is 39.5 Å². The van der Waals surface area contributed by atoms with Crippen LogP contribution in [0.2, 0.25) is 0 Å². The Bertz CT molecular complexity index is 989. The fourth-order valence-corrected chi connectivity index (χ4v) is 3.91. The molecule has 0 aliphatic heterocycles. The zero-order valence-corrected chi connectivity index (χ0v) is 21.9. The first kappa shape index (κ1) is 32.6. The molecule has 35 heavy (non-hydrogen) atoms. The van der Waals surface area contributed by atoms with Crippen LogP contribution in [0.25, 0.3) is 0 Å². The molecule has 0 amide bonds. The lowest BCUT2D eigenvalue weighted by atomic mass is 10.1. The molecule has 0 spiro atoms. The summed E-state index contributed by atoms with van der Waals surface area (Å²) in [7, 11) is 6.32. The van der Waals surface area contributed by atoms with Crippen molar-refractivity contribution in [3.8, 4) is 35.2 Å². The molecule has 0 N–H and O–H groups in total. The lowest BCUT2D eigenvalue weighted by Crippen LogP contribution is -2.20. The van der Waals surface area contributed by atoms with Gasteiger partial charge in [0.15, 0.2) is 0 Å². The molecule has 2 rings (SSSR count). The van der Waals surface area contributed by atoms with E-state index in [1.165, 1.54) is 0 Å². The molecule has 0 bridgehead atoms. The van der Waals surface area contributed by atoms with Crippen LogP contribution in [0.5, 0.6) is 11.5 Å². The van der Waals surface area contributed by atoms with E-state index >= 15 is 0 Å². The highest BCUT2D eigenvalue weighted by atomic mass is 32.1. The maximum atomic E-state index is 6.16. The minimum Gasteiger partial charge on any atom is -0.493 e. The standard InChI is InChI=1S/C28H38N2O2S.2CH4/c1-7-12-25-15-16-26(33-25)14-13-24-22-27(31-19-10-9-17-29(4)5)23(3)21-28(24)32-20-11-18-30(6)8-2;;/h15-16,21-22H,8-11,17-20H2,1-6H3;2*1H4. The summed E-state index contributed by atoms with van der Waals surface area (Å²) in [5.41, 5.74) is 1.94. The van der Waals surface area contributed by atoms with Crippen LogP contribution in [0.1, 0.15) is 68.8 Å². The number of hydrogen-bond acceptors (Lipinski definition) is 5. The maximum Gasteiger partial charge on any atom is 0.135 e. The van der Waals surface area contributed by atoms with Gasteiger partial charge in [-0.15, -0.1) is 17.3 Å². The number of thiophene rings is 1. The largest absolute Gasteiger partial charge is 0.493 e. The average molecular weight is 499 g/mol. The van der Waals surface area contributed by atoms with Crippen molar-refractivity contribution < 1.29 is 9.47 Å². The zero-order valence-electron chi connectivity index (χ0n) is 21.1. The quantitative estimate of drug-likeness (QED) is 0.245. The number of rotatable bonds is 12. The summed E-state index contributed by atoms with van der Waals surface area (Å²) in [5, 5.41) is 0. The number of ether oxygens (including phenoxy) is 2. The van der Waals surface area contributed by atoms with Crippen molar-refractivity contribution >= 4 is 11.3 Å². The van der Waals surface area contributed by atoms with Crippen LogP contribution < -0.4 is 9.47 Å². The van der Waals surface area contributed by atoms with E-state index in [-0.39, 0.29) is 14.9 Å². The minimum absolute atomic E-state index is 0. The van der Waals surface area contributed by atoms with E-state index < -0.39 is 0 Å². The van der Waals surface area contributed by atoms with Gasteiger partial charge >= 0.3 is 0 Å². The molecular formula is C30H46N2O2S. The number of unbranched alkanes of at least 4 members (excludes halogenated alkanes) is 1. The molecule has 0 radical (unpaired) electrons. The summed E-state index contributed by atoms with van der Waals surface area (Å²) < 4.78 is 12.3. The fourth-order valence-electron chi connectivity index (χ4n) is 3.15. The Morgan fingerprint density at radius 1 is 0.829 bits per heavy atom. The predicted molar refractivity (Wildman–Crippen MR) is 154 cm³/mol. The fraction of sp³-hybridized carbons (Fsp3) is 0.533. The predicted octanol–water partition coefficient (Wildman–Crippen LogP) is 6.54. The lowest BCUT2D eigenvalue weighted by molar-refractivity contribution is 0.266. The Morgan fingerprint density at radius 3 is 2.14 bits per heavy atom. The number of hydrogen-bond donors (Lipinski definition) is 0. The zero-order chi connectivity index (χ0) is 24.1. The van der Waals surface area contributed by atoms with Crippen molar-refractivity contribution in [2.45, 2.75) is 54.9 Å². The van der Waals surface area contributed by atoms with E-state index in [9.17, 15) is 0 Å². The molecule has 0 aliphatic rings. The lowest BCUT2D eigenvalue weighted by Gasteiger charge is -2.16. The second kappa shape index (κ2) is 17.9. The monoisotopic (exact) mass is 498 g/mol. The van der Waals surface area contributed by atoms with Crippen molar-refractivity contribution in [3.05, 3.63) is 45.1 Å². The van der Waals surface area contributed by atoms with Gasteiger partial charge in [0.05, 0.1) is 28.5 Å². The van der Waals surface area contributed by atoms with Crippen LogP contribution in [-0.4, -0.2) is 63.8 Å². The van der Waals surface area contributed by atoms with Crippen molar-refractivity contribution in [1.29, 1.82) is 0 Å². The van der Waals surface area contributed by atoms with Crippen molar-refractivity contribution in [2.75, 3.05) is 54.0 Å². The molecule has 0 unspecified atom stereocenters. The Labute approximate surface area is 219 Å². The van der Waals surface area contributed by atoms with Gasteiger partial charge in [0, 0.05) is 6.54 Å². The molecule has 2 aromatic rings. The van der Waals surface area contributed by atoms with Crippen LogP contribution in [0.4, 0.5) is 0 Å². The highest BCUT2D eigenvalue weighted by Crippen LogP contribution is 2.29. The second-order valence-electron chi connectivity index (χ2n) is 8.36. The SMILES string of the molecule is C.C.CC#Cc1ccc(C#Cc2cc(OCCCCN(C)C)c(C)cc2OCCCN(C)CC)s1. The van der Waals surface area contributed by atoms with Gasteiger partial charge in [0.1, 0.15) is 11.5 Å². The molecular weight excluding hydrogens is 452 g/mol. The van der Waals surface area contributed by atoms with Gasteiger partial charge in [-0.05, 0) is 97.2 Å². The second-order valence-corrected chi connectivity index (χ2v) is 9.44. The first-order valence-electron chi connectivity index (χ1n) is 11.7.